The molecule has 0 aromatic heterocycles. The van der Waals surface area contributed by atoms with Crippen molar-refractivity contribution in [3.8, 4) is 5.75 Å². The Balaban J connectivity index is 2.11. The van der Waals surface area contributed by atoms with Gasteiger partial charge >= 0.3 is 0 Å². The standard InChI is InChI=1S/C31H38ClN3O5S/c1-6-23(4)33-31(37)27(7-2)34(20-24-11-9-8-10-12-24)30(36)21-35(28-19-25(32)15-18-29(28)40-5)41(38,39)26-16-13-22(3)14-17-26/h8-19,23,27H,6-7,20-21H2,1-5H3,(H,33,37)/t23-,27-/m0/s1. The van der Waals surface area contributed by atoms with Crippen LogP contribution in [0.4, 0.5) is 5.69 Å². The van der Waals surface area contributed by atoms with Crippen LogP contribution in [0.5, 0.6) is 5.75 Å². The maximum Gasteiger partial charge on any atom is 0.264 e. The number of methoxy groups -OCH3 is 1. The first kappa shape index (κ1) is 32.0. The van der Waals surface area contributed by atoms with Gasteiger partial charge in [-0.05, 0) is 62.6 Å². The van der Waals surface area contributed by atoms with Gasteiger partial charge in [0.1, 0.15) is 18.3 Å². The van der Waals surface area contributed by atoms with Crippen molar-refractivity contribution in [2.45, 2.75) is 64.1 Å². The second-order valence-corrected chi connectivity index (χ2v) is 12.2. The molecular weight excluding hydrogens is 562 g/mol. The Kier molecular flexibility index (Phi) is 11.2. The summed E-state index contributed by atoms with van der Waals surface area (Å²) >= 11 is 6.29. The van der Waals surface area contributed by atoms with Crippen molar-refractivity contribution >= 4 is 39.1 Å². The van der Waals surface area contributed by atoms with Gasteiger partial charge in [0.15, 0.2) is 0 Å². The maximum atomic E-state index is 14.2. The van der Waals surface area contributed by atoms with E-state index >= 15 is 0 Å². The van der Waals surface area contributed by atoms with Crippen molar-refractivity contribution in [1.82, 2.24) is 10.2 Å². The van der Waals surface area contributed by atoms with Gasteiger partial charge < -0.3 is 15.0 Å². The molecule has 0 spiro atoms. The van der Waals surface area contributed by atoms with Gasteiger partial charge in [0.05, 0.1) is 17.7 Å². The van der Waals surface area contributed by atoms with Crippen molar-refractivity contribution in [3.05, 3.63) is 88.9 Å². The van der Waals surface area contributed by atoms with Crippen molar-refractivity contribution in [2.75, 3.05) is 18.0 Å². The van der Waals surface area contributed by atoms with Crippen LogP contribution in [0.25, 0.3) is 0 Å². The fourth-order valence-corrected chi connectivity index (χ4v) is 5.93. The van der Waals surface area contributed by atoms with Crippen LogP contribution < -0.4 is 14.4 Å². The molecule has 0 aliphatic rings. The molecule has 3 aromatic carbocycles. The maximum absolute atomic E-state index is 14.2. The molecule has 2 atom stereocenters. The first-order valence-electron chi connectivity index (χ1n) is 13.6. The van der Waals surface area contributed by atoms with Crippen LogP contribution in [0, 0.1) is 6.92 Å². The highest BCUT2D eigenvalue weighted by atomic mass is 35.5. The highest BCUT2D eigenvalue weighted by molar-refractivity contribution is 7.92. The number of nitrogens with one attached hydrogen (secondary N) is 1. The lowest BCUT2D eigenvalue weighted by molar-refractivity contribution is -0.140. The SMILES string of the molecule is CC[C@H](C)NC(=O)[C@H](CC)N(Cc1ccccc1)C(=O)CN(c1cc(Cl)ccc1OC)S(=O)(=O)c1ccc(C)cc1. The highest BCUT2D eigenvalue weighted by Crippen LogP contribution is 2.35. The van der Waals surface area contributed by atoms with Crippen molar-refractivity contribution in [2.24, 2.45) is 0 Å². The second-order valence-electron chi connectivity index (χ2n) is 9.89. The number of anilines is 1. The first-order valence-corrected chi connectivity index (χ1v) is 15.4. The summed E-state index contributed by atoms with van der Waals surface area (Å²) in [7, 11) is -2.83. The van der Waals surface area contributed by atoms with Gasteiger partial charge in [-0.15, -0.1) is 0 Å². The molecule has 8 nitrogen and oxygen atoms in total. The fourth-order valence-electron chi connectivity index (χ4n) is 4.35. The minimum Gasteiger partial charge on any atom is -0.495 e. The third-order valence-electron chi connectivity index (χ3n) is 6.88. The third kappa shape index (κ3) is 8.01. The van der Waals surface area contributed by atoms with Crippen LogP contribution in [-0.2, 0) is 26.2 Å². The number of aryl methyl sites for hydroxylation is 1. The summed E-state index contributed by atoms with van der Waals surface area (Å²) in [4.78, 5) is 29.0. The normalized spacial score (nSPS) is 12.7. The smallest absolute Gasteiger partial charge is 0.264 e. The Hall–Kier alpha value is -3.56. The van der Waals surface area contributed by atoms with E-state index in [2.05, 4.69) is 5.32 Å². The zero-order chi connectivity index (χ0) is 30.2. The van der Waals surface area contributed by atoms with Crippen LogP contribution in [0.15, 0.2) is 77.7 Å². The number of sulfonamides is 1. The zero-order valence-corrected chi connectivity index (χ0v) is 25.7. The second kappa shape index (κ2) is 14.4. The van der Waals surface area contributed by atoms with Gasteiger partial charge in [0.25, 0.3) is 10.0 Å². The molecule has 0 fully saturated rings. The molecule has 0 unspecified atom stereocenters. The number of hydrogen-bond donors (Lipinski definition) is 1. The van der Waals surface area contributed by atoms with Gasteiger partial charge in [-0.1, -0.05) is 73.5 Å². The molecule has 1 N–H and O–H groups in total. The van der Waals surface area contributed by atoms with Crippen LogP contribution in [0.3, 0.4) is 0 Å². The van der Waals surface area contributed by atoms with Crippen LogP contribution >= 0.6 is 11.6 Å². The number of carbonyl (C=O) groups excluding carboxylic acids is 2. The quantitative estimate of drug-likeness (QED) is 0.277. The summed E-state index contributed by atoms with van der Waals surface area (Å²) in [5.41, 5.74) is 1.81. The summed E-state index contributed by atoms with van der Waals surface area (Å²) in [5, 5.41) is 3.25. The number of ether oxygens (including phenoxy) is 1. The number of amides is 2. The van der Waals surface area contributed by atoms with E-state index in [1.165, 1.54) is 30.2 Å². The van der Waals surface area contributed by atoms with Crippen LogP contribution in [0.2, 0.25) is 5.02 Å². The molecule has 0 saturated heterocycles. The molecule has 0 heterocycles. The van der Waals surface area contributed by atoms with Gasteiger partial charge in [-0.2, -0.15) is 0 Å². The zero-order valence-electron chi connectivity index (χ0n) is 24.1. The molecule has 0 bridgehead atoms. The fraction of sp³-hybridized carbons (Fsp3) is 0.355. The Morgan fingerprint density at radius 1 is 0.976 bits per heavy atom. The van der Waals surface area contributed by atoms with Gasteiger partial charge in [0, 0.05) is 17.6 Å². The van der Waals surface area contributed by atoms with Crippen molar-refractivity contribution < 1.29 is 22.7 Å². The van der Waals surface area contributed by atoms with Crippen LogP contribution in [-0.4, -0.2) is 50.9 Å². The van der Waals surface area contributed by atoms with Gasteiger partial charge in [-0.3, -0.25) is 13.9 Å². The van der Waals surface area contributed by atoms with E-state index in [0.29, 0.717) is 6.42 Å². The summed E-state index contributed by atoms with van der Waals surface area (Å²) < 4.78 is 34.6. The molecule has 3 rings (SSSR count). The molecule has 220 valence electrons. The number of halogens is 1. The van der Waals surface area contributed by atoms with Gasteiger partial charge in [-0.25, -0.2) is 8.42 Å². The molecule has 0 aliphatic heterocycles. The van der Waals surface area contributed by atoms with Crippen molar-refractivity contribution in [3.63, 3.8) is 0 Å². The summed E-state index contributed by atoms with van der Waals surface area (Å²) in [5.74, 6) is -0.605. The number of rotatable bonds is 13. The van der Waals surface area contributed by atoms with E-state index in [-0.39, 0.29) is 39.8 Å². The van der Waals surface area contributed by atoms with E-state index in [1.807, 2.05) is 58.0 Å². The lowest BCUT2D eigenvalue weighted by atomic mass is 10.1. The average Bonchev–Trinajstić information content (AvgIpc) is 2.96. The molecule has 0 aliphatic carbocycles. The van der Waals surface area contributed by atoms with E-state index in [9.17, 15) is 18.0 Å². The Morgan fingerprint density at radius 3 is 2.22 bits per heavy atom. The third-order valence-corrected chi connectivity index (χ3v) is 8.89. The lowest BCUT2D eigenvalue weighted by Gasteiger charge is -2.34. The largest absolute Gasteiger partial charge is 0.495 e. The topological polar surface area (TPSA) is 96.0 Å². The molecular formula is C31H38ClN3O5S. The number of hydrogen-bond acceptors (Lipinski definition) is 5. The Labute approximate surface area is 248 Å². The Bertz CT molecular complexity index is 1430. The van der Waals surface area contributed by atoms with E-state index < -0.39 is 28.5 Å². The summed E-state index contributed by atoms with van der Waals surface area (Å²) in [6, 6.07) is 19.3. The molecule has 0 radical (unpaired) electrons. The predicted octanol–water partition coefficient (Wildman–Crippen LogP) is 5.57. The van der Waals surface area contributed by atoms with Crippen LogP contribution in [0.1, 0.15) is 44.7 Å². The van der Waals surface area contributed by atoms with E-state index in [1.54, 1.807) is 24.3 Å². The summed E-state index contributed by atoms with van der Waals surface area (Å²) in [6.45, 7) is 7.09. The molecule has 41 heavy (non-hydrogen) atoms. The monoisotopic (exact) mass is 599 g/mol. The number of nitrogens with zero attached hydrogens (tertiary/aromatic N) is 2. The number of carbonyl (C=O) groups is 2. The van der Waals surface area contributed by atoms with Crippen molar-refractivity contribution in [1.29, 1.82) is 0 Å². The first-order chi connectivity index (χ1) is 19.5. The van der Waals surface area contributed by atoms with Gasteiger partial charge in [0.2, 0.25) is 11.8 Å². The molecule has 2 amide bonds. The number of benzene rings is 3. The minimum atomic E-state index is -4.25. The summed E-state index contributed by atoms with van der Waals surface area (Å²) in [6.07, 6.45) is 1.07. The molecule has 3 aromatic rings. The molecule has 0 saturated carbocycles. The average molecular weight is 600 g/mol. The highest BCUT2D eigenvalue weighted by Gasteiger charge is 2.35. The van der Waals surface area contributed by atoms with E-state index in [4.69, 9.17) is 16.3 Å². The predicted molar refractivity (Wildman–Crippen MR) is 163 cm³/mol. The van der Waals surface area contributed by atoms with E-state index in [0.717, 1.165) is 21.9 Å². The Morgan fingerprint density at radius 2 is 1.63 bits per heavy atom. The molecule has 10 heteroatoms. The minimum absolute atomic E-state index is 0.00842. The lowest BCUT2D eigenvalue weighted by Crippen LogP contribution is -2.53.